The molecule has 2 N–H and O–H groups in total. The van der Waals surface area contributed by atoms with Gasteiger partial charge in [0.1, 0.15) is 0 Å². The molecule has 156 valence electrons. The van der Waals surface area contributed by atoms with Crippen molar-refractivity contribution in [1.29, 1.82) is 0 Å². The first-order valence-corrected chi connectivity index (χ1v) is 11.1. The van der Waals surface area contributed by atoms with Crippen molar-refractivity contribution in [3.8, 4) is 0 Å². The fourth-order valence-corrected chi connectivity index (χ4v) is 3.48. The predicted molar refractivity (Wildman–Crippen MR) is 112 cm³/mol. The molecule has 0 aliphatic carbocycles. The van der Waals surface area contributed by atoms with E-state index in [2.05, 4.69) is 10.0 Å². The molecule has 0 fully saturated rings. The number of nitrogens with one attached hydrogen (secondary N) is 2. The Morgan fingerprint density at radius 2 is 1.79 bits per heavy atom. The van der Waals surface area contributed by atoms with Crippen LogP contribution in [0.3, 0.4) is 0 Å². The monoisotopic (exact) mass is 438 g/mol. The molecular formula is C20H23ClN2O5S. The number of carbonyl (C=O) groups is 2. The molecule has 29 heavy (non-hydrogen) atoms. The molecular weight excluding hydrogens is 416 g/mol. The van der Waals surface area contributed by atoms with Crippen molar-refractivity contribution in [1.82, 2.24) is 5.32 Å². The summed E-state index contributed by atoms with van der Waals surface area (Å²) < 4.78 is 30.3. The molecule has 9 heteroatoms. The predicted octanol–water partition coefficient (Wildman–Crippen LogP) is 3.52. The minimum absolute atomic E-state index is 0.102. The number of amides is 1. The van der Waals surface area contributed by atoms with Crippen LogP contribution in [0.2, 0.25) is 5.02 Å². The van der Waals surface area contributed by atoms with Crippen molar-refractivity contribution in [3.63, 3.8) is 0 Å². The maximum absolute atomic E-state index is 12.8. The second kappa shape index (κ2) is 9.76. The molecule has 0 spiro atoms. The molecule has 0 radical (unpaired) electrons. The Morgan fingerprint density at radius 1 is 1.10 bits per heavy atom. The lowest BCUT2D eigenvalue weighted by molar-refractivity contribution is -0.147. The Morgan fingerprint density at radius 3 is 2.41 bits per heavy atom. The third-order valence-electron chi connectivity index (χ3n) is 3.75. The number of benzene rings is 2. The maximum Gasteiger partial charge on any atom is 0.308 e. The highest BCUT2D eigenvalue weighted by atomic mass is 35.5. The summed E-state index contributed by atoms with van der Waals surface area (Å²) in [6.45, 7) is 3.47. The van der Waals surface area contributed by atoms with E-state index in [1.807, 2.05) is 0 Å². The number of hydrogen-bond acceptors (Lipinski definition) is 5. The van der Waals surface area contributed by atoms with Crippen LogP contribution in [-0.2, 0) is 19.6 Å². The topological polar surface area (TPSA) is 102 Å². The minimum Gasteiger partial charge on any atom is -0.463 e. The van der Waals surface area contributed by atoms with E-state index in [0.29, 0.717) is 10.6 Å². The first-order valence-electron chi connectivity index (χ1n) is 8.88. The second-order valence-corrected chi connectivity index (χ2v) is 8.90. The molecule has 1 unspecified atom stereocenters. The smallest absolute Gasteiger partial charge is 0.308 e. The number of hydrogen-bond donors (Lipinski definition) is 2. The highest BCUT2D eigenvalue weighted by Crippen LogP contribution is 2.26. The lowest BCUT2D eigenvalue weighted by Crippen LogP contribution is -2.31. The van der Waals surface area contributed by atoms with E-state index in [0.717, 1.165) is 6.26 Å². The number of anilines is 1. The summed E-state index contributed by atoms with van der Waals surface area (Å²) in [4.78, 5) is 25.0. The zero-order valence-corrected chi connectivity index (χ0v) is 17.9. The van der Waals surface area contributed by atoms with Crippen LogP contribution in [-0.4, -0.2) is 32.7 Å². The van der Waals surface area contributed by atoms with Crippen LogP contribution in [0.4, 0.5) is 5.69 Å². The zero-order valence-electron chi connectivity index (χ0n) is 16.3. The minimum atomic E-state index is -3.48. The molecule has 2 aromatic carbocycles. The van der Waals surface area contributed by atoms with Crippen molar-refractivity contribution < 1.29 is 22.7 Å². The molecule has 0 heterocycles. The first kappa shape index (κ1) is 22.7. The van der Waals surface area contributed by atoms with Gasteiger partial charge in [0.2, 0.25) is 10.0 Å². The van der Waals surface area contributed by atoms with E-state index < -0.39 is 27.9 Å². The van der Waals surface area contributed by atoms with Gasteiger partial charge < -0.3 is 10.1 Å². The van der Waals surface area contributed by atoms with Crippen molar-refractivity contribution in [3.05, 3.63) is 64.7 Å². The van der Waals surface area contributed by atoms with Gasteiger partial charge in [0.05, 0.1) is 24.8 Å². The van der Waals surface area contributed by atoms with Gasteiger partial charge >= 0.3 is 5.97 Å². The normalized spacial score (nSPS) is 12.3. The molecule has 0 saturated carbocycles. The third kappa shape index (κ3) is 7.40. The van der Waals surface area contributed by atoms with Crippen LogP contribution in [0.1, 0.15) is 42.2 Å². The highest BCUT2D eigenvalue weighted by molar-refractivity contribution is 7.92. The van der Waals surface area contributed by atoms with Crippen LogP contribution < -0.4 is 10.0 Å². The van der Waals surface area contributed by atoms with Crippen LogP contribution >= 0.6 is 11.6 Å². The summed E-state index contributed by atoms with van der Waals surface area (Å²) in [5, 5.41) is 3.19. The number of halogens is 1. The van der Waals surface area contributed by atoms with Gasteiger partial charge in [-0.05, 0) is 43.7 Å². The molecule has 0 aliphatic rings. The van der Waals surface area contributed by atoms with E-state index >= 15 is 0 Å². The Hall–Kier alpha value is -2.58. The number of sulfonamides is 1. The summed E-state index contributed by atoms with van der Waals surface area (Å²) in [6.07, 6.45) is 0.631. The molecule has 1 amide bonds. The Kier molecular flexibility index (Phi) is 7.64. The van der Waals surface area contributed by atoms with Crippen LogP contribution in [0.15, 0.2) is 48.5 Å². The zero-order chi connectivity index (χ0) is 21.6. The fourth-order valence-electron chi connectivity index (χ4n) is 2.65. The van der Waals surface area contributed by atoms with Gasteiger partial charge in [-0.1, -0.05) is 35.9 Å². The molecule has 0 aliphatic heterocycles. The van der Waals surface area contributed by atoms with Gasteiger partial charge in [-0.2, -0.15) is 0 Å². The van der Waals surface area contributed by atoms with Crippen LogP contribution in [0.25, 0.3) is 0 Å². The van der Waals surface area contributed by atoms with Gasteiger partial charge in [0, 0.05) is 16.3 Å². The number of esters is 1. The van der Waals surface area contributed by atoms with Crippen LogP contribution in [0.5, 0.6) is 0 Å². The number of rotatable bonds is 8. The van der Waals surface area contributed by atoms with Crippen molar-refractivity contribution >= 4 is 39.2 Å². The number of ether oxygens (including phenoxy) is 1. The highest BCUT2D eigenvalue weighted by Gasteiger charge is 2.23. The van der Waals surface area contributed by atoms with Gasteiger partial charge in [-0.25, -0.2) is 8.42 Å². The maximum atomic E-state index is 12.8. The molecule has 7 nitrogen and oxygen atoms in total. The number of carbonyl (C=O) groups excluding carboxylic acids is 2. The molecule has 2 aromatic rings. The van der Waals surface area contributed by atoms with Gasteiger partial charge in [0.15, 0.2) is 0 Å². The lowest BCUT2D eigenvalue weighted by atomic mass is 10.0. The Labute approximate surface area is 175 Å². The van der Waals surface area contributed by atoms with Gasteiger partial charge in [-0.15, -0.1) is 0 Å². The standard InChI is InChI=1S/C20H23ClN2O5S/c1-13(2)28-19(24)12-18(16-9-4-5-10-17(16)21)22-20(25)14-7-6-8-15(11-14)23-29(3,26)27/h4-11,13,18,23H,12H2,1-3H3,(H,22,25). The summed E-state index contributed by atoms with van der Waals surface area (Å²) in [5.41, 5.74) is 1.07. The van der Waals surface area contributed by atoms with Crippen molar-refractivity contribution in [2.45, 2.75) is 32.4 Å². The average Bonchev–Trinajstić information content (AvgIpc) is 2.59. The summed E-state index contributed by atoms with van der Waals surface area (Å²) in [5.74, 6) is -0.956. The Bertz CT molecular complexity index is 992. The largest absolute Gasteiger partial charge is 0.463 e. The van der Waals surface area contributed by atoms with E-state index in [1.54, 1.807) is 50.2 Å². The Balaban J connectivity index is 2.26. The van der Waals surface area contributed by atoms with E-state index in [9.17, 15) is 18.0 Å². The van der Waals surface area contributed by atoms with Gasteiger partial charge in [0.25, 0.3) is 5.91 Å². The summed E-state index contributed by atoms with van der Waals surface area (Å²) >= 11 is 6.26. The van der Waals surface area contributed by atoms with Crippen molar-refractivity contribution in [2.75, 3.05) is 11.0 Å². The summed E-state index contributed by atoms with van der Waals surface area (Å²) in [7, 11) is -3.48. The quantitative estimate of drug-likeness (QED) is 0.614. The molecule has 0 aromatic heterocycles. The summed E-state index contributed by atoms with van der Waals surface area (Å²) in [6, 6.07) is 12.2. The molecule has 1 atom stereocenters. The molecule has 0 bridgehead atoms. The van der Waals surface area contributed by atoms with E-state index in [4.69, 9.17) is 16.3 Å². The first-order chi connectivity index (χ1) is 13.5. The average molecular weight is 439 g/mol. The van der Waals surface area contributed by atoms with Crippen LogP contribution in [0, 0.1) is 0 Å². The van der Waals surface area contributed by atoms with E-state index in [-0.39, 0.29) is 23.8 Å². The second-order valence-electron chi connectivity index (χ2n) is 6.75. The van der Waals surface area contributed by atoms with E-state index in [1.165, 1.54) is 12.1 Å². The lowest BCUT2D eigenvalue weighted by Gasteiger charge is -2.20. The fraction of sp³-hybridized carbons (Fsp3) is 0.300. The molecule has 2 rings (SSSR count). The van der Waals surface area contributed by atoms with Crippen molar-refractivity contribution in [2.24, 2.45) is 0 Å². The van der Waals surface area contributed by atoms with Gasteiger partial charge in [-0.3, -0.25) is 14.3 Å². The SMILES string of the molecule is CC(C)OC(=O)CC(NC(=O)c1cccc(NS(C)(=O)=O)c1)c1ccccc1Cl. The third-order valence-corrected chi connectivity index (χ3v) is 4.70. The molecule has 0 saturated heterocycles.